The lowest BCUT2D eigenvalue weighted by atomic mass is 10.0. The molecule has 112 valence electrons. The van der Waals surface area contributed by atoms with E-state index in [1.807, 2.05) is 6.92 Å². The molecule has 21 heavy (non-hydrogen) atoms. The predicted octanol–water partition coefficient (Wildman–Crippen LogP) is 3.56. The molecule has 1 aromatic carbocycles. The molecule has 2 aromatic rings. The molecule has 1 atom stereocenters. The first-order valence-electron chi connectivity index (χ1n) is 6.29. The lowest BCUT2D eigenvalue weighted by Gasteiger charge is -2.13. The van der Waals surface area contributed by atoms with Crippen LogP contribution in [-0.4, -0.2) is 16.5 Å². The number of rotatable bonds is 4. The van der Waals surface area contributed by atoms with Gasteiger partial charge in [0, 0.05) is 18.3 Å². The van der Waals surface area contributed by atoms with Crippen LogP contribution in [0.1, 0.15) is 22.9 Å². The van der Waals surface area contributed by atoms with Crippen molar-refractivity contribution >= 4 is 0 Å². The summed E-state index contributed by atoms with van der Waals surface area (Å²) in [6.07, 6.45) is -3.53. The van der Waals surface area contributed by atoms with E-state index in [1.54, 1.807) is 18.3 Å². The number of hydrogen-bond donors (Lipinski definition) is 1. The van der Waals surface area contributed by atoms with Gasteiger partial charge in [-0.15, -0.1) is 13.2 Å². The first-order chi connectivity index (χ1) is 9.83. The maximum Gasteiger partial charge on any atom is 0.573 e. The van der Waals surface area contributed by atoms with Crippen LogP contribution in [0.15, 0.2) is 42.6 Å². The Morgan fingerprint density at radius 1 is 1.19 bits per heavy atom. The van der Waals surface area contributed by atoms with Crippen LogP contribution in [0.3, 0.4) is 0 Å². The minimum atomic E-state index is -4.70. The monoisotopic (exact) mass is 297 g/mol. The van der Waals surface area contributed by atoms with Crippen molar-refractivity contribution in [2.24, 2.45) is 0 Å². The molecule has 0 saturated heterocycles. The molecule has 1 N–H and O–H groups in total. The second-order valence-electron chi connectivity index (χ2n) is 4.64. The Balaban J connectivity index is 2.03. The Morgan fingerprint density at radius 3 is 2.43 bits per heavy atom. The molecule has 0 saturated carbocycles. The van der Waals surface area contributed by atoms with Gasteiger partial charge in [0.2, 0.25) is 0 Å². The largest absolute Gasteiger partial charge is 0.573 e. The molecule has 0 aliphatic rings. The van der Waals surface area contributed by atoms with Gasteiger partial charge in [-0.1, -0.05) is 12.1 Å². The average molecular weight is 297 g/mol. The molecular formula is C15H14F3NO2. The highest BCUT2D eigenvalue weighted by atomic mass is 19.4. The molecule has 0 spiro atoms. The van der Waals surface area contributed by atoms with Crippen molar-refractivity contribution in [1.82, 2.24) is 4.98 Å². The van der Waals surface area contributed by atoms with Crippen LogP contribution < -0.4 is 4.74 Å². The van der Waals surface area contributed by atoms with Gasteiger partial charge in [0.05, 0.1) is 6.10 Å². The normalized spacial score (nSPS) is 13.0. The molecule has 0 radical (unpaired) electrons. The zero-order chi connectivity index (χ0) is 15.5. The number of pyridine rings is 1. The number of ether oxygens (including phenoxy) is 1. The Labute approximate surface area is 120 Å². The highest BCUT2D eigenvalue weighted by Gasteiger charge is 2.30. The topological polar surface area (TPSA) is 42.4 Å². The molecular weight excluding hydrogens is 283 g/mol. The average Bonchev–Trinajstić information content (AvgIpc) is 2.39. The minimum Gasteiger partial charge on any atom is -0.406 e. The van der Waals surface area contributed by atoms with Crippen LogP contribution in [0.25, 0.3) is 0 Å². The summed E-state index contributed by atoms with van der Waals surface area (Å²) >= 11 is 0. The van der Waals surface area contributed by atoms with E-state index in [9.17, 15) is 18.3 Å². The summed E-state index contributed by atoms with van der Waals surface area (Å²) in [5.41, 5.74) is 2.23. The van der Waals surface area contributed by atoms with Crippen molar-refractivity contribution in [1.29, 1.82) is 0 Å². The second-order valence-corrected chi connectivity index (χ2v) is 4.64. The fourth-order valence-electron chi connectivity index (χ4n) is 1.94. The van der Waals surface area contributed by atoms with E-state index >= 15 is 0 Å². The van der Waals surface area contributed by atoms with Crippen LogP contribution in [0.5, 0.6) is 5.75 Å². The lowest BCUT2D eigenvalue weighted by Crippen LogP contribution is -2.17. The van der Waals surface area contributed by atoms with Crippen LogP contribution in [0, 0.1) is 6.92 Å². The summed E-state index contributed by atoms with van der Waals surface area (Å²) in [5.74, 6) is -0.277. The molecule has 3 nitrogen and oxygen atoms in total. The summed E-state index contributed by atoms with van der Waals surface area (Å²) in [5, 5.41) is 10.1. The summed E-state index contributed by atoms with van der Waals surface area (Å²) in [7, 11) is 0. The number of aromatic nitrogens is 1. The third-order valence-corrected chi connectivity index (χ3v) is 2.89. The lowest BCUT2D eigenvalue weighted by molar-refractivity contribution is -0.274. The van der Waals surface area contributed by atoms with Gasteiger partial charge in [-0.3, -0.25) is 4.98 Å². The fraction of sp³-hybridized carbons (Fsp3) is 0.267. The van der Waals surface area contributed by atoms with Gasteiger partial charge in [-0.05, 0) is 42.3 Å². The Hall–Kier alpha value is -2.08. The van der Waals surface area contributed by atoms with E-state index in [-0.39, 0.29) is 5.75 Å². The smallest absolute Gasteiger partial charge is 0.406 e. The fourth-order valence-corrected chi connectivity index (χ4v) is 1.94. The molecule has 0 bridgehead atoms. The number of aryl methyl sites for hydroxylation is 1. The van der Waals surface area contributed by atoms with Gasteiger partial charge in [-0.25, -0.2) is 0 Å². The first-order valence-corrected chi connectivity index (χ1v) is 6.29. The van der Waals surface area contributed by atoms with E-state index in [0.29, 0.717) is 12.0 Å². The summed E-state index contributed by atoms with van der Waals surface area (Å²) in [6.45, 7) is 1.82. The maximum absolute atomic E-state index is 12.0. The molecule has 2 rings (SSSR count). The van der Waals surface area contributed by atoms with Crippen molar-refractivity contribution in [2.45, 2.75) is 25.8 Å². The number of nitrogens with zero attached hydrogens (tertiary/aromatic N) is 1. The third kappa shape index (κ3) is 4.75. The summed E-state index contributed by atoms with van der Waals surface area (Å²) in [6, 6.07) is 8.93. The number of alkyl halides is 3. The Kier molecular flexibility index (Phi) is 4.47. The van der Waals surface area contributed by atoms with E-state index in [4.69, 9.17) is 0 Å². The number of aliphatic hydroxyl groups excluding tert-OH is 1. The van der Waals surface area contributed by atoms with Gasteiger partial charge in [0.15, 0.2) is 0 Å². The van der Waals surface area contributed by atoms with Crippen molar-refractivity contribution in [3.05, 3.63) is 59.4 Å². The summed E-state index contributed by atoms with van der Waals surface area (Å²) in [4.78, 5) is 4.04. The zero-order valence-electron chi connectivity index (χ0n) is 11.3. The number of halogens is 3. The van der Waals surface area contributed by atoms with Crippen molar-refractivity contribution < 1.29 is 23.0 Å². The quantitative estimate of drug-likeness (QED) is 0.938. The van der Waals surface area contributed by atoms with Gasteiger partial charge in [0.25, 0.3) is 0 Å². The van der Waals surface area contributed by atoms with E-state index in [0.717, 1.165) is 11.3 Å². The van der Waals surface area contributed by atoms with Gasteiger partial charge in [-0.2, -0.15) is 0 Å². The standard InChI is InChI=1S/C15H14F3NO2/c1-10-8-12(6-7-19-10)14(20)9-11-2-4-13(5-3-11)21-15(16,17)18/h2-8,14,20H,9H2,1H3. The highest BCUT2D eigenvalue weighted by Crippen LogP contribution is 2.24. The van der Waals surface area contributed by atoms with Crippen LogP contribution in [0.2, 0.25) is 0 Å². The molecule has 0 amide bonds. The first kappa shape index (κ1) is 15.3. The van der Waals surface area contributed by atoms with E-state index in [2.05, 4.69) is 9.72 Å². The number of benzene rings is 1. The van der Waals surface area contributed by atoms with Crippen molar-refractivity contribution in [2.75, 3.05) is 0 Å². The number of hydrogen-bond acceptors (Lipinski definition) is 3. The van der Waals surface area contributed by atoms with Crippen LogP contribution in [-0.2, 0) is 6.42 Å². The van der Waals surface area contributed by atoms with Gasteiger partial charge < -0.3 is 9.84 Å². The Morgan fingerprint density at radius 2 is 1.86 bits per heavy atom. The summed E-state index contributed by atoms with van der Waals surface area (Å²) < 4.78 is 39.9. The van der Waals surface area contributed by atoms with E-state index < -0.39 is 12.5 Å². The second kappa shape index (κ2) is 6.13. The third-order valence-electron chi connectivity index (χ3n) is 2.89. The maximum atomic E-state index is 12.0. The zero-order valence-corrected chi connectivity index (χ0v) is 11.3. The van der Waals surface area contributed by atoms with Crippen molar-refractivity contribution in [3.63, 3.8) is 0 Å². The minimum absolute atomic E-state index is 0.277. The predicted molar refractivity (Wildman–Crippen MR) is 70.8 cm³/mol. The molecule has 0 aliphatic carbocycles. The SMILES string of the molecule is Cc1cc(C(O)Cc2ccc(OC(F)(F)F)cc2)ccn1. The Bertz CT molecular complexity index is 597. The van der Waals surface area contributed by atoms with Crippen molar-refractivity contribution in [3.8, 4) is 5.75 Å². The molecule has 6 heteroatoms. The molecule has 0 aliphatic heterocycles. The van der Waals surface area contributed by atoms with Crippen LogP contribution >= 0.6 is 0 Å². The number of aliphatic hydroxyl groups is 1. The van der Waals surface area contributed by atoms with Gasteiger partial charge >= 0.3 is 6.36 Å². The van der Waals surface area contributed by atoms with E-state index in [1.165, 1.54) is 24.3 Å². The van der Waals surface area contributed by atoms with Gasteiger partial charge in [0.1, 0.15) is 5.75 Å². The molecule has 1 unspecified atom stereocenters. The molecule has 1 aromatic heterocycles. The van der Waals surface area contributed by atoms with Crippen LogP contribution in [0.4, 0.5) is 13.2 Å². The molecule has 1 heterocycles. The molecule has 0 fully saturated rings. The highest BCUT2D eigenvalue weighted by molar-refractivity contribution is 5.29.